The van der Waals surface area contributed by atoms with E-state index in [9.17, 15) is 4.79 Å². The summed E-state index contributed by atoms with van der Waals surface area (Å²) in [6.07, 6.45) is 4.03. The highest BCUT2D eigenvalue weighted by atomic mass is 16.5. The van der Waals surface area contributed by atoms with Crippen molar-refractivity contribution in [1.29, 1.82) is 0 Å². The van der Waals surface area contributed by atoms with Crippen LogP contribution in [-0.4, -0.2) is 5.97 Å². The second-order valence-corrected chi connectivity index (χ2v) is 3.38. The zero-order valence-electron chi connectivity index (χ0n) is 8.33. The Kier molecular flexibility index (Phi) is 2.12. The summed E-state index contributed by atoms with van der Waals surface area (Å²) < 4.78 is 4.97. The lowest BCUT2D eigenvalue weighted by atomic mass is 9.98. The monoisotopic (exact) mass is 188 g/mol. The molecule has 1 aliphatic rings. The molecule has 0 radical (unpaired) electrons. The summed E-state index contributed by atoms with van der Waals surface area (Å²) in [6, 6.07) is 3.80. The van der Waals surface area contributed by atoms with E-state index in [1.807, 2.05) is 38.1 Å². The molecule has 2 nitrogen and oxygen atoms in total. The van der Waals surface area contributed by atoms with Crippen molar-refractivity contribution in [1.82, 2.24) is 0 Å². The van der Waals surface area contributed by atoms with E-state index in [0.717, 1.165) is 22.3 Å². The van der Waals surface area contributed by atoms with E-state index in [2.05, 4.69) is 0 Å². The van der Waals surface area contributed by atoms with Crippen molar-refractivity contribution in [3.8, 4) is 0 Å². The molecular formula is C12H12O2. The molecule has 2 heteroatoms. The van der Waals surface area contributed by atoms with Crippen molar-refractivity contribution < 1.29 is 9.53 Å². The molecule has 0 saturated carbocycles. The van der Waals surface area contributed by atoms with Crippen LogP contribution < -0.4 is 0 Å². The summed E-state index contributed by atoms with van der Waals surface area (Å²) in [7, 11) is 0. The molecule has 1 aromatic rings. The highest BCUT2D eigenvalue weighted by Crippen LogP contribution is 2.26. The third-order valence-electron chi connectivity index (χ3n) is 2.55. The van der Waals surface area contributed by atoms with Gasteiger partial charge in [-0.3, -0.25) is 0 Å². The topological polar surface area (TPSA) is 26.3 Å². The smallest absolute Gasteiger partial charge is 0.338 e. The predicted octanol–water partition coefficient (Wildman–Crippen LogP) is 2.70. The summed E-state index contributed by atoms with van der Waals surface area (Å²) in [5, 5.41) is 0. The van der Waals surface area contributed by atoms with Crippen LogP contribution in [0, 0.1) is 6.92 Å². The standard InChI is InChI=1S/C12H12O2/c1-3-4-9-5-6-10-11(8(9)2)7-14-12(10)13/h3-6H,7H2,1-2H3. The Morgan fingerprint density at radius 3 is 2.93 bits per heavy atom. The summed E-state index contributed by atoms with van der Waals surface area (Å²) in [4.78, 5) is 11.2. The van der Waals surface area contributed by atoms with Crippen LogP contribution >= 0.6 is 0 Å². The lowest BCUT2D eigenvalue weighted by Gasteiger charge is -2.04. The van der Waals surface area contributed by atoms with Crippen LogP contribution in [0.5, 0.6) is 0 Å². The number of carbonyl (C=O) groups excluding carboxylic acids is 1. The van der Waals surface area contributed by atoms with E-state index in [1.165, 1.54) is 0 Å². The molecule has 0 aliphatic carbocycles. The molecule has 0 aromatic heterocycles. The van der Waals surface area contributed by atoms with Gasteiger partial charge in [-0.2, -0.15) is 0 Å². The van der Waals surface area contributed by atoms with Crippen LogP contribution in [0.2, 0.25) is 0 Å². The molecule has 14 heavy (non-hydrogen) atoms. The van der Waals surface area contributed by atoms with Gasteiger partial charge < -0.3 is 4.74 Å². The Labute approximate surface area is 83.2 Å². The number of carbonyl (C=O) groups is 1. The van der Waals surface area contributed by atoms with E-state index in [-0.39, 0.29) is 5.97 Å². The third kappa shape index (κ3) is 1.23. The van der Waals surface area contributed by atoms with Crippen molar-refractivity contribution in [2.24, 2.45) is 0 Å². The van der Waals surface area contributed by atoms with Gasteiger partial charge in [0.2, 0.25) is 0 Å². The molecule has 0 bridgehead atoms. The molecule has 0 spiro atoms. The molecular weight excluding hydrogens is 176 g/mol. The first-order chi connectivity index (χ1) is 6.74. The van der Waals surface area contributed by atoms with Gasteiger partial charge in [-0.25, -0.2) is 4.79 Å². The minimum atomic E-state index is -0.199. The quantitative estimate of drug-likeness (QED) is 0.633. The number of rotatable bonds is 1. The Morgan fingerprint density at radius 2 is 2.21 bits per heavy atom. The van der Waals surface area contributed by atoms with Crippen molar-refractivity contribution in [3.63, 3.8) is 0 Å². The van der Waals surface area contributed by atoms with Crippen molar-refractivity contribution in [2.75, 3.05) is 0 Å². The number of ether oxygens (including phenoxy) is 1. The Bertz CT molecular complexity index is 417. The average molecular weight is 188 g/mol. The maximum absolute atomic E-state index is 11.2. The van der Waals surface area contributed by atoms with E-state index in [1.54, 1.807) is 0 Å². The molecule has 1 heterocycles. The zero-order valence-corrected chi connectivity index (χ0v) is 8.33. The lowest BCUT2D eigenvalue weighted by molar-refractivity contribution is 0.0535. The fourth-order valence-electron chi connectivity index (χ4n) is 1.73. The Hall–Kier alpha value is -1.57. The van der Waals surface area contributed by atoms with E-state index >= 15 is 0 Å². The number of cyclic esters (lactones) is 1. The molecule has 0 N–H and O–H groups in total. The zero-order chi connectivity index (χ0) is 10.1. The van der Waals surface area contributed by atoms with Gasteiger partial charge in [-0.05, 0) is 31.0 Å². The van der Waals surface area contributed by atoms with Gasteiger partial charge in [0.05, 0.1) is 5.56 Å². The average Bonchev–Trinajstić information content (AvgIpc) is 2.54. The van der Waals surface area contributed by atoms with Crippen LogP contribution in [0.25, 0.3) is 6.08 Å². The first kappa shape index (κ1) is 9.00. The van der Waals surface area contributed by atoms with Gasteiger partial charge in [0, 0.05) is 5.56 Å². The van der Waals surface area contributed by atoms with Crippen molar-refractivity contribution in [2.45, 2.75) is 20.5 Å². The first-order valence-electron chi connectivity index (χ1n) is 4.66. The second kappa shape index (κ2) is 3.29. The fraction of sp³-hybridized carbons (Fsp3) is 0.250. The first-order valence-corrected chi connectivity index (χ1v) is 4.66. The minimum absolute atomic E-state index is 0.199. The largest absolute Gasteiger partial charge is 0.457 e. The molecule has 1 aliphatic heterocycles. The summed E-state index contributed by atoms with van der Waals surface area (Å²) in [5.74, 6) is -0.199. The molecule has 0 atom stereocenters. The fourth-order valence-corrected chi connectivity index (χ4v) is 1.73. The van der Waals surface area contributed by atoms with Gasteiger partial charge >= 0.3 is 5.97 Å². The predicted molar refractivity (Wildman–Crippen MR) is 55.0 cm³/mol. The second-order valence-electron chi connectivity index (χ2n) is 3.38. The summed E-state index contributed by atoms with van der Waals surface area (Å²) in [6.45, 7) is 4.43. The number of hydrogen-bond donors (Lipinski definition) is 0. The number of hydrogen-bond acceptors (Lipinski definition) is 2. The van der Waals surface area contributed by atoms with Gasteiger partial charge in [0.25, 0.3) is 0 Å². The molecule has 0 unspecified atom stereocenters. The van der Waals surface area contributed by atoms with Crippen LogP contribution in [0.15, 0.2) is 18.2 Å². The van der Waals surface area contributed by atoms with Gasteiger partial charge in [0.15, 0.2) is 0 Å². The molecule has 1 aromatic carbocycles. The number of benzene rings is 1. The van der Waals surface area contributed by atoms with Crippen molar-refractivity contribution in [3.05, 3.63) is 40.5 Å². The minimum Gasteiger partial charge on any atom is -0.457 e. The maximum Gasteiger partial charge on any atom is 0.338 e. The highest BCUT2D eigenvalue weighted by Gasteiger charge is 2.23. The maximum atomic E-state index is 11.2. The van der Waals surface area contributed by atoms with Gasteiger partial charge in [-0.1, -0.05) is 18.2 Å². The van der Waals surface area contributed by atoms with Crippen molar-refractivity contribution >= 4 is 12.0 Å². The molecule has 0 amide bonds. The number of esters is 1. The van der Waals surface area contributed by atoms with Crippen LogP contribution in [0.3, 0.4) is 0 Å². The Morgan fingerprint density at radius 1 is 1.43 bits per heavy atom. The molecule has 2 rings (SSSR count). The molecule has 0 saturated heterocycles. The lowest BCUT2D eigenvalue weighted by Crippen LogP contribution is -1.95. The van der Waals surface area contributed by atoms with Gasteiger partial charge in [-0.15, -0.1) is 0 Å². The summed E-state index contributed by atoms with van der Waals surface area (Å²) in [5.41, 5.74) is 4.05. The molecule has 0 fully saturated rings. The Balaban J connectivity index is 2.58. The van der Waals surface area contributed by atoms with Crippen LogP contribution in [0.4, 0.5) is 0 Å². The molecule has 72 valence electrons. The van der Waals surface area contributed by atoms with Crippen LogP contribution in [-0.2, 0) is 11.3 Å². The van der Waals surface area contributed by atoms with Gasteiger partial charge in [0.1, 0.15) is 6.61 Å². The van der Waals surface area contributed by atoms with Crippen LogP contribution in [0.1, 0.15) is 34.0 Å². The van der Waals surface area contributed by atoms with E-state index < -0.39 is 0 Å². The van der Waals surface area contributed by atoms with E-state index in [0.29, 0.717) is 6.61 Å². The third-order valence-corrected chi connectivity index (χ3v) is 2.55. The normalized spacial score (nSPS) is 14.6. The highest BCUT2D eigenvalue weighted by molar-refractivity contribution is 5.94. The number of fused-ring (bicyclic) bond motifs is 1. The van der Waals surface area contributed by atoms with E-state index in [4.69, 9.17) is 4.74 Å². The summed E-state index contributed by atoms with van der Waals surface area (Å²) >= 11 is 0. The SMILES string of the molecule is CC=Cc1ccc2c(c1C)COC2=O. The number of allylic oxidation sites excluding steroid dienone is 1.